The molecule has 0 aliphatic heterocycles. The molecule has 1 amide bonds. The van der Waals surface area contributed by atoms with Crippen LogP contribution in [-0.4, -0.2) is 15.5 Å². The minimum absolute atomic E-state index is 0.242. The van der Waals surface area contributed by atoms with Crippen molar-refractivity contribution in [1.82, 2.24) is 9.55 Å². The Kier molecular flexibility index (Phi) is 5.74. The molecule has 0 aliphatic rings. The molecule has 26 heavy (non-hydrogen) atoms. The van der Waals surface area contributed by atoms with Crippen molar-refractivity contribution >= 4 is 34.0 Å². The van der Waals surface area contributed by atoms with Crippen molar-refractivity contribution in [2.75, 3.05) is 5.32 Å². The van der Waals surface area contributed by atoms with Crippen LogP contribution >= 0.6 is 22.9 Å². The highest BCUT2D eigenvalue weighted by Crippen LogP contribution is 2.24. The maximum Gasteiger partial charge on any atom is 0.274 e. The summed E-state index contributed by atoms with van der Waals surface area (Å²) < 4.78 is 15.5. The smallest absolute Gasteiger partial charge is 0.274 e. The molecule has 3 rings (SSSR count). The Hall–Kier alpha value is -2.18. The number of nitrogens with zero attached hydrogens (tertiary/aromatic N) is 2. The van der Waals surface area contributed by atoms with Crippen LogP contribution in [0.25, 0.3) is 0 Å². The van der Waals surface area contributed by atoms with E-state index in [1.807, 2.05) is 16.8 Å². The number of halogens is 2. The van der Waals surface area contributed by atoms with Gasteiger partial charge in [0.15, 0.2) is 5.13 Å². The molecule has 2 heterocycles. The number of rotatable bonds is 6. The molecule has 1 N–H and O–H groups in total. The van der Waals surface area contributed by atoms with Gasteiger partial charge in [0.25, 0.3) is 5.91 Å². The molecule has 0 saturated carbocycles. The monoisotopic (exact) mass is 391 g/mol. The Morgan fingerprint density at radius 2 is 2.04 bits per heavy atom. The molecule has 0 saturated heterocycles. The molecule has 2 aromatic heterocycles. The van der Waals surface area contributed by atoms with Gasteiger partial charge in [0, 0.05) is 12.7 Å². The van der Waals surface area contributed by atoms with Crippen LogP contribution in [0.3, 0.4) is 0 Å². The second-order valence-corrected chi connectivity index (χ2v) is 8.17. The van der Waals surface area contributed by atoms with Crippen LogP contribution in [-0.2, 0) is 13.0 Å². The van der Waals surface area contributed by atoms with Crippen molar-refractivity contribution in [2.24, 2.45) is 5.92 Å². The van der Waals surface area contributed by atoms with Gasteiger partial charge in [-0.3, -0.25) is 10.1 Å². The van der Waals surface area contributed by atoms with Gasteiger partial charge >= 0.3 is 0 Å². The van der Waals surface area contributed by atoms with Gasteiger partial charge in [-0.1, -0.05) is 48.9 Å². The first-order chi connectivity index (χ1) is 12.4. The Morgan fingerprint density at radius 1 is 1.31 bits per heavy atom. The van der Waals surface area contributed by atoms with E-state index in [-0.39, 0.29) is 11.7 Å². The minimum Gasteiger partial charge on any atom is -0.339 e. The van der Waals surface area contributed by atoms with E-state index in [2.05, 4.69) is 24.1 Å². The third-order valence-corrected chi connectivity index (χ3v) is 4.82. The highest BCUT2D eigenvalue weighted by Gasteiger charge is 2.16. The van der Waals surface area contributed by atoms with Gasteiger partial charge < -0.3 is 4.57 Å². The van der Waals surface area contributed by atoms with E-state index in [4.69, 9.17) is 11.6 Å². The quantitative estimate of drug-likeness (QED) is 0.624. The lowest BCUT2D eigenvalue weighted by Gasteiger charge is -2.09. The zero-order valence-electron chi connectivity index (χ0n) is 14.5. The highest BCUT2D eigenvalue weighted by molar-refractivity contribution is 7.19. The molecular weight excluding hydrogens is 373 g/mol. The predicted molar refractivity (Wildman–Crippen MR) is 104 cm³/mol. The fourth-order valence-corrected chi connectivity index (χ4v) is 3.54. The lowest BCUT2D eigenvalue weighted by Crippen LogP contribution is -2.17. The molecule has 7 heteroatoms. The molecule has 136 valence electrons. The summed E-state index contributed by atoms with van der Waals surface area (Å²) in [6.07, 6.45) is 4.36. The van der Waals surface area contributed by atoms with E-state index >= 15 is 0 Å². The number of thiazole rings is 1. The molecule has 0 spiro atoms. The van der Waals surface area contributed by atoms with Gasteiger partial charge in [0.1, 0.15) is 15.8 Å². The van der Waals surface area contributed by atoms with Crippen molar-refractivity contribution in [3.63, 3.8) is 0 Å². The van der Waals surface area contributed by atoms with Crippen LogP contribution in [0.15, 0.2) is 42.7 Å². The summed E-state index contributed by atoms with van der Waals surface area (Å²) in [5.74, 6) is -0.0427. The summed E-state index contributed by atoms with van der Waals surface area (Å²) >= 11 is 7.08. The van der Waals surface area contributed by atoms with Crippen LogP contribution in [0.2, 0.25) is 4.34 Å². The Morgan fingerprint density at radius 3 is 2.65 bits per heavy atom. The van der Waals surface area contributed by atoms with E-state index in [0.29, 0.717) is 27.6 Å². The molecule has 0 radical (unpaired) electrons. The zero-order chi connectivity index (χ0) is 18.7. The maximum absolute atomic E-state index is 13.1. The van der Waals surface area contributed by atoms with Crippen LogP contribution < -0.4 is 5.32 Å². The fraction of sp³-hybridized carbons (Fsp3) is 0.263. The van der Waals surface area contributed by atoms with Crippen molar-refractivity contribution in [1.29, 1.82) is 0 Å². The lowest BCUT2D eigenvalue weighted by molar-refractivity contribution is 0.101. The number of carbonyl (C=O) groups is 1. The third kappa shape index (κ3) is 4.71. The van der Waals surface area contributed by atoms with E-state index in [0.717, 1.165) is 17.5 Å². The Labute approximate surface area is 160 Å². The van der Waals surface area contributed by atoms with Gasteiger partial charge in [-0.15, -0.1) is 0 Å². The highest BCUT2D eigenvalue weighted by atomic mass is 35.5. The number of hydrogen-bond acceptors (Lipinski definition) is 3. The summed E-state index contributed by atoms with van der Waals surface area (Å²) in [5.41, 5.74) is 2.55. The first-order valence-electron chi connectivity index (χ1n) is 8.27. The van der Waals surface area contributed by atoms with Crippen LogP contribution in [0.4, 0.5) is 9.52 Å². The SMILES string of the molecule is CC(C)Cc1cc(C(=O)Nc2ncc(Cl)s2)n(Cc2ccc(F)cc2)c1. The van der Waals surface area contributed by atoms with Crippen LogP contribution in [0.1, 0.15) is 35.5 Å². The van der Waals surface area contributed by atoms with Gasteiger partial charge in [-0.25, -0.2) is 9.37 Å². The van der Waals surface area contributed by atoms with Gasteiger partial charge in [-0.05, 0) is 41.7 Å². The van der Waals surface area contributed by atoms with Crippen molar-refractivity contribution < 1.29 is 9.18 Å². The summed E-state index contributed by atoms with van der Waals surface area (Å²) in [6.45, 7) is 4.75. The number of carbonyl (C=O) groups excluding carboxylic acids is 1. The molecule has 0 fully saturated rings. The van der Waals surface area contributed by atoms with Crippen molar-refractivity contribution in [3.05, 3.63) is 69.7 Å². The largest absolute Gasteiger partial charge is 0.339 e. The number of amides is 1. The van der Waals surface area contributed by atoms with E-state index in [1.54, 1.807) is 12.1 Å². The maximum atomic E-state index is 13.1. The first-order valence-corrected chi connectivity index (χ1v) is 9.46. The third-order valence-electron chi connectivity index (χ3n) is 3.79. The molecule has 0 aliphatic carbocycles. The Bertz CT molecular complexity index is 902. The molecular formula is C19H19ClFN3OS. The first kappa shape index (κ1) is 18.6. The average molecular weight is 392 g/mol. The van der Waals surface area contributed by atoms with Gasteiger partial charge in [-0.2, -0.15) is 0 Å². The number of benzene rings is 1. The van der Waals surface area contributed by atoms with Crippen LogP contribution in [0, 0.1) is 11.7 Å². The molecule has 0 unspecified atom stereocenters. The number of aromatic nitrogens is 2. The molecule has 3 aromatic rings. The fourth-order valence-electron chi connectivity index (χ4n) is 2.74. The molecule has 0 atom stereocenters. The van der Waals surface area contributed by atoms with E-state index in [1.165, 1.54) is 29.7 Å². The average Bonchev–Trinajstić information content (AvgIpc) is 3.15. The second-order valence-electron chi connectivity index (χ2n) is 6.51. The van der Waals surface area contributed by atoms with E-state index < -0.39 is 0 Å². The van der Waals surface area contributed by atoms with Gasteiger partial charge in [0.2, 0.25) is 0 Å². The molecule has 1 aromatic carbocycles. The second kappa shape index (κ2) is 8.01. The van der Waals surface area contributed by atoms with Gasteiger partial charge in [0.05, 0.1) is 6.20 Å². The predicted octanol–water partition coefficient (Wildman–Crippen LogP) is 5.24. The summed E-state index contributed by atoms with van der Waals surface area (Å²) in [7, 11) is 0. The lowest BCUT2D eigenvalue weighted by atomic mass is 10.1. The van der Waals surface area contributed by atoms with Crippen LogP contribution in [0.5, 0.6) is 0 Å². The number of hydrogen-bond donors (Lipinski definition) is 1. The van der Waals surface area contributed by atoms with Crippen molar-refractivity contribution in [2.45, 2.75) is 26.8 Å². The van der Waals surface area contributed by atoms with E-state index in [9.17, 15) is 9.18 Å². The summed E-state index contributed by atoms with van der Waals surface area (Å²) in [4.78, 5) is 16.8. The normalized spacial score (nSPS) is 11.1. The number of anilines is 1. The summed E-state index contributed by atoms with van der Waals surface area (Å²) in [6, 6.07) is 8.18. The topological polar surface area (TPSA) is 46.9 Å². The molecule has 0 bridgehead atoms. The van der Waals surface area contributed by atoms with Crippen molar-refractivity contribution in [3.8, 4) is 0 Å². The number of nitrogens with one attached hydrogen (secondary N) is 1. The Balaban J connectivity index is 1.87. The zero-order valence-corrected chi connectivity index (χ0v) is 16.1. The minimum atomic E-state index is -0.277. The molecule has 4 nitrogen and oxygen atoms in total. The summed E-state index contributed by atoms with van der Waals surface area (Å²) in [5, 5.41) is 3.24. The standard InChI is InChI=1S/C19H19ClFN3OS/c1-12(2)7-14-8-16(18(25)23-19-22-9-17(20)26-19)24(11-14)10-13-3-5-15(21)6-4-13/h3-6,8-9,11-12H,7,10H2,1-2H3,(H,22,23,25).